The van der Waals surface area contributed by atoms with E-state index in [1.807, 2.05) is 24.3 Å². The number of H-pyrrole nitrogens is 1. The van der Waals surface area contributed by atoms with E-state index in [2.05, 4.69) is 15.6 Å². The predicted molar refractivity (Wildman–Crippen MR) is 98.7 cm³/mol. The average Bonchev–Trinajstić information content (AvgIpc) is 3.05. The summed E-state index contributed by atoms with van der Waals surface area (Å²) in [5.41, 5.74) is 2.68. The second-order valence-electron chi connectivity index (χ2n) is 5.92. The third-order valence-electron chi connectivity index (χ3n) is 4.37. The number of para-hydroxylation sites is 1. The molecule has 0 saturated heterocycles. The van der Waals surface area contributed by atoms with Crippen molar-refractivity contribution in [1.82, 2.24) is 15.6 Å². The van der Waals surface area contributed by atoms with Gasteiger partial charge in [-0.2, -0.15) is 0 Å². The number of benzene rings is 2. The Labute approximate surface area is 153 Å². The number of fused-ring (bicyclic) bond motifs is 1. The number of urea groups is 1. The Morgan fingerprint density at radius 2 is 1.81 bits per heavy atom. The molecule has 1 aromatic heterocycles. The average molecular weight is 368 g/mol. The van der Waals surface area contributed by atoms with Crippen LogP contribution in [0.5, 0.6) is 0 Å². The Balaban J connectivity index is 1.97. The third kappa shape index (κ3) is 2.70. The number of carbonyl (C=O) groups excluding carboxylic acids is 1. The fourth-order valence-corrected chi connectivity index (χ4v) is 3.35. The lowest BCUT2D eigenvalue weighted by molar-refractivity contribution is -0.133. The number of aromatic nitrogens is 1. The van der Waals surface area contributed by atoms with Gasteiger partial charge in [-0.25, -0.2) is 9.59 Å². The van der Waals surface area contributed by atoms with Crippen LogP contribution >= 0.6 is 11.6 Å². The highest BCUT2D eigenvalue weighted by Crippen LogP contribution is 2.38. The van der Waals surface area contributed by atoms with E-state index in [4.69, 9.17) is 11.6 Å². The predicted octanol–water partition coefficient (Wildman–Crippen LogP) is 3.67. The maximum Gasteiger partial charge on any atom is 0.352 e. The smallest absolute Gasteiger partial charge is 0.352 e. The topological polar surface area (TPSA) is 94.2 Å². The molecule has 2 heterocycles. The lowest BCUT2D eigenvalue weighted by atomic mass is 9.89. The number of halogens is 1. The van der Waals surface area contributed by atoms with Crippen LogP contribution in [0.2, 0.25) is 5.02 Å². The van der Waals surface area contributed by atoms with Crippen LogP contribution in [0.1, 0.15) is 17.2 Å². The Bertz CT molecular complexity index is 1050. The normalized spacial score (nSPS) is 17.1. The van der Waals surface area contributed by atoms with Crippen molar-refractivity contribution in [3.8, 4) is 0 Å². The van der Waals surface area contributed by atoms with Crippen molar-refractivity contribution < 1.29 is 14.7 Å². The van der Waals surface area contributed by atoms with Gasteiger partial charge >= 0.3 is 12.0 Å². The van der Waals surface area contributed by atoms with E-state index in [-0.39, 0.29) is 5.70 Å². The zero-order valence-electron chi connectivity index (χ0n) is 13.4. The van der Waals surface area contributed by atoms with Crippen LogP contribution in [-0.2, 0) is 4.79 Å². The zero-order chi connectivity index (χ0) is 18.3. The number of aromatic amines is 1. The van der Waals surface area contributed by atoms with Gasteiger partial charge in [-0.05, 0) is 23.8 Å². The van der Waals surface area contributed by atoms with Gasteiger partial charge < -0.3 is 20.7 Å². The fourth-order valence-electron chi connectivity index (χ4n) is 3.22. The van der Waals surface area contributed by atoms with E-state index in [0.717, 1.165) is 16.5 Å². The van der Waals surface area contributed by atoms with E-state index in [1.165, 1.54) is 0 Å². The maximum absolute atomic E-state index is 12.1. The lowest BCUT2D eigenvalue weighted by Crippen LogP contribution is -2.45. The van der Waals surface area contributed by atoms with Gasteiger partial charge in [0.25, 0.3) is 0 Å². The van der Waals surface area contributed by atoms with Gasteiger partial charge in [-0.3, -0.25) is 0 Å². The number of hydrogen-bond acceptors (Lipinski definition) is 2. The highest BCUT2D eigenvalue weighted by atomic mass is 35.5. The fraction of sp³-hybridized carbons (Fsp3) is 0.0526. The Morgan fingerprint density at radius 3 is 2.54 bits per heavy atom. The zero-order valence-corrected chi connectivity index (χ0v) is 14.2. The first-order valence-electron chi connectivity index (χ1n) is 7.91. The van der Waals surface area contributed by atoms with Crippen LogP contribution in [0.15, 0.2) is 60.4 Å². The van der Waals surface area contributed by atoms with Crippen molar-refractivity contribution in [3.63, 3.8) is 0 Å². The molecule has 7 heteroatoms. The van der Waals surface area contributed by atoms with Gasteiger partial charge in [-0.15, -0.1) is 0 Å². The van der Waals surface area contributed by atoms with Gasteiger partial charge in [0.15, 0.2) is 0 Å². The molecule has 0 spiro atoms. The molecule has 6 nitrogen and oxygen atoms in total. The van der Waals surface area contributed by atoms with E-state index < -0.39 is 18.0 Å². The molecule has 1 atom stereocenters. The van der Waals surface area contributed by atoms with Gasteiger partial charge in [0.05, 0.1) is 6.04 Å². The van der Waals surface area contributed by atoms with Crippen molar-refractivity contribution in [1.29, 1.82) is 0 Å². The summed E-state index contributed by atoms with van der Waals surface area (Å²) in [4.78, 5) is 27.0. The number of hydrogen-bond donors (Lipinski definition) is 4. The molecular formula is C19H14ClN3O3. The summed E-state index contributed by atoms with van der Waals surface area (Å²) in [7, 11) is 0. The minimum absolute atomic E-state index is 0.140. The molecule has 2 aromatic carbocycles. The molecule has 0 saturated carbocycles. The van der Waals surface area contributed by atoms with Crippen molar-refractivity contribution in [2.45, 2.75) is 6.04 Å². The number of amides is 2. The summed E-state index contributed by atoms with van der Waals surface area (Å²) in [6.45, 7) is 0. The van der Waals surface area contributed by atoms with Crippen LogP contribution < -0.4 is 10.6 Å². The first-order valence-corrected chi connectivity index (χ1v) is 8.29. The monoisotopic (exact) mass is 367 g/mol. The van der Waals surface area contributed by atoms with E-state index in [1.54, 1.807) is 30.5 Å². The van der Waals surface area contributed by atoms with E-state index in [0.29, 0.717) is 16.2 Å². The quantitative estimate of drug-likeness (QED) is 0.569. The Kier molecular flexibility index (Phi) is 3.89. The lowest BCUT2D eigenvalue weighted by Gasteiger charge is -2.29. The summed E-state index contributed by atoms with van der Waals surface area (Å²) in [6.07, 6.45) is 1.75. The molecule has 0 fully saturated rings. The SMILES string of the molecule is O=C1NC(C(=O)O)=C(c2c[nH]c3ccccc23)C(c2ccc(Cl)cc2)N1. The van der Waals surface area contributed by atoms with Gasteiger partial charge in [0, 0.05) is 33.3 Å². The third-order valence-corrected chi connectivity index (χ3v) is 4.62. The largest absolute Gasteiger partial charge is 0.477 e. The van der Waals surface area contributed by atoms with Crippen LogP contribution in [0.3, 0.4) is 0 Å². The molecule has 3 aromatic rings. The second-order valence-corrected chi connectivity index (χ2v) is 6.36. The molecule has 0 aliphatic carbocycles. The van der Waals surface area contributed by atoms with Gasteiger partial charge in [0.1, 0.15) is 5.70 Å². The van der Waals surface area contributed by atoms with E-state index >= 15 is 0 Å². The first-order chi connectivity index (χ1) is 12.5. The molecule has 0 bridgehead atoms. The van der Waals surface area contributed by atoms with Crippen LogP contribution in [0.25, 0.3) is 16.5 Å². The highest BCUT2D eigenvalue weighted by Gasteiger charge is 2.33. The molecule has 4 N–H and O–H groups in total. The summed E-state index contributed by atoms with van der Waals surface area (Å²) < 4.78 is 0. The highest BCUT2D eigenvalue weighted by molar-refractivity contribution is 6.30. The Morgan fingerprint density at radius 1 is 1.08 bits per heavy atom. The maximum atomic E-state index is 12.1. The molecule has 4 rings (SSSR count). The Hall–Kier alpha value is -3.25. The summed E-state index contributed by atoms with van der Waals surface area (Å²) in [6, 6.07) is 13.4. The molecule has 1 aliphatic rings. The summed E-state index contributed by atoms with van der Waals surface area (Å²) in [5, 5.41) is 16.3. The molecule has 1 unspecified atom stereocenters. The minimum Gasteiger partial charge on any atom is -0.477 e. The van der Waals surface area contributed by atoms with Crippen LogP contribution in [0.4, 0.5) is 4.79 Å². The van der Waals surface area contributed by atoms with E-state index in [9.17, 15) is 14.7 Å². The number of carbonyl (C=O) groups is 2. The van der Waals surface area contributed by atoms with Crippen molar-refractivity contribution in [2.24, 2.45) is 0 Å². The number of rotatable bonds is 3. The number of nitrogens with one attached hydrogen (secondary N) is 3. The number of carboxylic acids is 1. The molecular weight excluding hydrogens is 354 g/mol. The van der Waals surface area contributed by atoms with Crippen molar-refractivity contribution in [3.05, 3.63) is 76.6 Å². The van der Waals surface area contributed by atoms with Gasteiger partial charge in [-0.1, -0.05) is 41.9 Å². The van der Waals surface area contributed by atoms with Gasteiger partial charge in [0.2, 0.25) is 0 Å². The second kappa shape index (κ2) is 6.24. The van der Waals surface area contributed by atoms with Crippen LogP contribution in [-0.4, -0.2) is 22.1 Å². The molecule has 1 aliphatic heterocycles. The minimum atomic E-state index is -1.20. The van der Waals surface area contributed by atoms with Crippen LogP contribution in [0, 0.1) is 0 Å². The first kappa shape index (κ1) is 16.2. The number of aliphatic carboxylic acids is 1. The standard InChI is InChI=1S/C19H14ClN3O3/c20-11-7-5-10(6-8-11)16-15(17(18(24)25)23-19(26)22-16)13-9-21-14-4-2-1-3-12(13)14/h1-9,16,21H,(H,24,25)(H2,22,23,26). The molecule has 0 radical (unpaired) electrons. The molecule has 2 amide bonds. The molecule has 130 valence electrons. The van der Waals surface area contributed by atoms with Crippen molar-refractivity contribution in [2.75, 3.05) is 0 Å². The molecule has 26 heavy (non-hydrogen) atoms. The summed E-state index contributed by atoms with van der Waals surface area (Å²) >= 11 is 5.96. The summed E-state index contributed by atoms with van der Waals surface area (Å²) in [5.74, 6) is -1.20. The number of carboxylic acid groups (broad SMARTS) is 1. The van der Waals surface area contributed by atoms with Crippen molar-refractivity contribution >= 4 is 40.1 Å².